The molecule has 12 rings (SSSR count). The number of fused-ring (bicyclic) bond motifs is 10. The summed E-state index contributed by atoms with van der Waals surface area (Å²) >= 11 is 3.75. The zero-order valence-corrected chi connectivity index (χ0v) is 31.2. The quantitative estimate of drug-likeness (QED) is 0.176. The Labute approximate surface area is 324 Å². The molecular weight excluding hydrogens is 705 g/mol. The molecule has 0 spiro atoms. The molecular formula is C51H30N2S2. The van der Waals surface area contributed by atoms with E-state index in [4.69, 9.17) is 4.98 Å². The Bertz CT molecular complexity index is 3440. The van der Waals surface area contributed by atoms with Gasteiger partial charge in [-0.1, -0.05) is 127 Å². The highest BCUT2D eigenvalue weighted by Crippen LogP contribution is 2.45. The highest BCUT2D eigenvalue weighted by atomic mass is 32.1. The fourth-order valence-electron chi connectivity index (χ4n) is 8.77. The van der Waals surface area contributed by atoms with Crippen molar-refractivity contribution in [2.45, 2.75) is 0 Å². The predicted molar refractivity (Wildman–Crippen MR) is 238 cm³/mol. The van der Waals surface area contributed by atoms with Crippen LogP contribution in [0.2, 0.25) is 0 Å². The topological polar surface area (TPSA) is 17.8 Å². The van der Waals surface area contributed by atoms with Crippen LogP contribution < -0.4 is 0 Å². The van der Waals surface area contributed by atoms with Crippen LogP contribution in [-0.2, 0) is 0 Å². The van der Waals surface area contributed by atoms with Crippen LogP contribution >= 0.6 is 22.7 Å². The van der Waals surface area contributed by atoms with E-state index in [9.17, 15) is 0 Å². The van der Waals surface area contributed by atoms with Gasteiger partial charge in [-0.05, 0) is 76.9 Å². The van der Waals surface area contributed by atoms with Crippen molar-refractivity contribution >= 4 is 95.7 Å². The van der Waals surface area contributed by atoms with Gasteiger partial charge in [-0.15, -0.1) is 22.7 Å². The van der Waals surface area contributed by atoms with E-state index in [2.05, 4.69) is 187 Å². The van der Waals surface area contributed by atoms with E-state index in [1.807, 2.05) is 22.7 Å². The summed E-state index contributed by atoms with van der Waals surface area (Å²) in [5, 5.41) is 8.91. The molecule has 0 radical (unpaired) electrons. The second-order valence-corrected chi connectivity index (χ2v) is 16.4. The van der Waals surface area contributed by atoms with Crippen LogP contribution in [0.15, 0.2) is 182 Å². The van der Waals surface area contributed by atoms with E-state index in [0.29, 0.717) is 0 Å². The zero-order valence-electron chi connectivity index (χ0n) is 29.5. The van der Waals surface area contributed by atoms with Crippen LogP contribution in [0.4, 0.5) is 0 Å². The standard InChI is InChI=1S/C51H30N2S2/c1-2-12-31(13-3-1)41-30-43(52-42-19-7-4-14-35(41)42)38-18-11-23-47-51(38)39-26-24-32(28-48(39)54-47)34-17-10-22-46-50(34)40-27-25-33(29-49(40)55-46)53-44-20-8-5-15-36(44)37-16-6-9-21-45(37)53/h1-30H. The average molecular weight is 735 g/mol. The Morgan fingerprint density at radius 1 is 0.364 bits per heavy atom. The first-order chi connectivity index (χ1) is 27.3. The normalized spacial score (nSPS) is 12.0. The average Bonchev–Trinajstić information content (AvgIpc) is 3.92. The summed E-state index contributed by atoms with van der Waals surface area (Å²) in [7, 11) is 0. The number of nitrogens with zero attached hydrogens (tertiary/aromatic N) is 2. The lowest BCUT2D eigenvalue weighted by molar-refractivity contribution is 1.19. The molecule has 0 unspecified atom stereocenters. The molecule has 2 nitrogen and oxygen atoms in total. The second kappa shape index (κ2) is 12.0. The molecule has 12 aromatic rings. The molecule has 0 saturated heterocycles. The Hall–Kier alpha value is -6.59. The molecule has 0 aliphatic heterocycles. The maximum Gasteiger partial charge on any atom is 0.0722 e. The third-order valence-electron chi connectivity index (χ3n) is 11.2. The smallest absolute Gasteiger partial charge is 0.0722 e. The Balaban J connectivity index is 1.00. The molecule has 256 valence electrons. The highest BCUT2D eigenvalue weighted by molar-refractivity contribution is 7.26. The lowest BCUT2D eigenvalue weighted by Crippen LogP contribution is -1.92. The fourth-order valence-corrected chi connectivity index (χ4v) is 11.1. The van der Waals surface area contributed by atoms with Crippen LogP contribution in [0.25, 0.3) is 112 Å². The molecule has 4 aromatic heterocycles. The Kier molecular flexibility index (Phi) is 6.70. The van der Waals surface area contributed by atoms with Gasteiger partial charge < -0.3 is 4.57 Å². The summed E-state index contributed by atoms with van der Waals surface area (Å²) < 4.78 is 7.58. The number of aromatic nitrogens is 2. The highest BCUT2D eigenvalue weighted by Gasteiger charge is 2.18. The van der Waals surface area contributed by atoms with Gasteiger partial charge in [0.2, 0.25) is 0 Å². The van der Waals surface area contributed by atoms with Gasteiger partial charge in [-0.2, -0.15) is 0 Å². The van der Waals surface area contributed by atoms with Crippen molar-refractivity contribution in [3.8, 4) is 39.2 Å². The van der Waals surface area contributed by atoms with Crippen molar-refractivity contribution in [3.05, 3.63) is 182 Å². The Morgan fingerprint density at radius 3 is 1.71 bits per heavy atom. The van der Waals surface area contributed by atoms with Crippen LogP contribution in [0.3, 0.4) is 0 Å². The molecule has 4 heteroatoms. The van der Waals surface area contributed by atoms with Crippen LogP contribution in [-0.4, -0.2) is 9.55 Å². The van der Waals surface area contributed by atoms with Gasteiger partial charge >= 0.3 is 0 Å². The molecule has 8 aromatic carbocycles. The van der Waals surface area contributed by atoms with E-state index in [1.54, 1.807) is 0 Å². The maximum atomic E-state index is 5.25. The molecule has 0 aliphatic rings. The van der Waals surface area contributed by atoms with Gasteiger partial charge in [0.15, 0.2) is 0 Å². The number of benzene rings is 8. The number of para-hydroxylation sites is 3. The summed E-state index contributed by atoms with van der Waals surface area (Å²) in [5.41, 5.74) is 11.8. The van der Waals surface area contributed by atoms with Gasteiger partial charge in [0, 0.05) is 67.8 Å². The van der Waals surface area contributed by atoms with Gasteiger partial charge in [0.05, 0.1) is 22.2 Å². The second-order valence-electron chi connectivity index (χ2n) is 14.3. The number of hydrogen-bond acceptors (Lipinski definition) is 3. The number of hydrogen-bond donors (Lipinski definition) is 0. The SMILES string of the molecule is c1ccc(-c2cc(-c3cccc4sc5cc(-c6cccc7sc8cc(-n9c%10ccccc%10c%10ccccc%109)ccc8c67)ccc5c34)nc3ccccc23)cc1. The fraction of sp³-hybridized carbons (Fsp3) is 0. The van der Waals surface area contributed by atoms with Crippen molar-refractivity contribution in [1.29, 1.82) is 0 Å². The minimum Gasteiger partial charge on any atom is -0.309 e. The van der Waals surface area contributed by atoms with Crippen molar-refractivity contribution < 1.29 is 0 Å². The first-order valence-electron chi connectivity index (χ1n) is 18.6. The first-order valence-corrected chi connectivity index (χ1v) is 20.3. The molecule has 0 saturated carbocycles. The third-order valence-corrected chi connectivity index (χ3v) is 13.4. The molecule has 0 fully saturated rings. The summed E-state index contributed by atoms with van der Waals surface area (Å²) in [6, 6.07) is 66.4. The Morgan fingerprint density at radius 2 is 0.964 bits per heavy atom. The van der Waals surface area contributed by atoms with Crippen molar-refractivity contribution in [1.82, 2.24) is 9.55 Å². The molecule has 0 amide bonds. The maximum absolute atomic E-state index is 5.25. The van der Waals surface area contributed by atoms with E-state index >= 15 is 0 Å². The summed E-state index contributed by atoms with van der Waals surface area (Å²) in [6.45, 7) is 0. The van der Waals surface area contributed by atoms with E-state index in [-0.39, 0.29) is 0 Å². The van der Waals surface area contributed by atoms with Crippen LogP contribution in [0.5, 0.6) is 0 Å². The first kappa shape index (κ1) is 30.8. The monoisotopic (exact) mass is 734 g/mol. The minimum atomic E-state index is 1.00. The van der Waals surface area contributed by atoms with Gasteiger partial charge in [0.25, 0.3) is 0 Å². The molecule has 55 heavy (non-hydrogen) atoms. The van der Waals surface area contributed by atoms with Crippen molar-refractivity contribution in [2.75, 3.05) is 0 Å². The van der Waals surface area contributed by atoms with Crippen LogP contribution in [0.1, 0.15) is 0 Å². The molecule has 0 aliphatic carbocycles. The zero-order chi connectivity index (χ0) is 36.0. The number of pyridine rings is 1. The molecule has 0 atom stereocenters. The summed E-state index contributed by atoms with van der Waals surface area (Å²) in [5.74, 6) is 0. The molecule has 0 N–H and O–H groups in total. The van der Waals surface area contributed by atoms with E-state index in [0.717, 1.165) is 11.2 Å². The van der Waals surface area contributed by atoms with Crippen molar-refractivity contribution in [3.63, 3.8) is 0 Å². The number of thiophene rings is 2. The largest absolute Gasteiger partial charge is 0.309 e. The third kappa shape index (κ3) is 4.69. The summed E-state index contributed by atoms with van der Waals surface area (Å²) in [6.07, 6.45) is 0. The lowest BCUT2D eigenvalue weighted by Gasteiger charge is -2.11. The van der Waals surface area contributed by atoms with E-state index in [1.165, 1.54) is 101 Å². The van der Waals surface area contributed by atoms with Crippen molar-refractivity contribution in [2.24, 2.45) is 0 Å². The van der Waals surface area contributed by atoms with E-state index < -0.39 is 0 Å². The number of rotatable bonds is 4. The molecule has 0 bridgehead atoms. The van der Waals surface area contributed by atoms with Gasteiger partial charge in [-0.3, -0.25) is 0 Å². The lowest BCUT2D eigenvalue weighted by atomic mass is 9.95. The predicted octanol–water partition coefficient (Wildman–Crippen LogP) is 15.1. The van der Waals surface area contributed by atoms with Gasteiger partial charge in [0.1, 0.15) is 0 Å². The molecule has 4 heterocycles. The minimum absolute atomic E-state index is 1.00. The van der Waals surface area contributed by atoms with Crippen LogP contribution in [0, 0.1) is 0 Å². The summed E-state index contributed by atoms with van der Waals surface area (Å²) in [4.78, 5) is 5.25. The van der Waals surface area contributed by atoms with Gasteiger partial charge in [-0.25, -0.2) is 4.98 Å².